The molecule has 3 aromatic heterocycles. The highest BCUT2D eigenvalue weighted by Gasteiger charge is 2.49. The molecule has 0 saturated heterocycles. The summed E-state index contributed by atoms with van der Waals surface area (Å²) in [5.41, 5.74) is 1.67. The molecule has 7 nitrogen and oxygen atoms in total. The van der Waals surface area contributed by atoms with E-state index in [2.05, 4.69) is 4.40 Å². The Morgan fingerprint density at radius 1 is 0.608 bits per heavy atom. The summed E-state index contributed by atoms with van der Waals surface area (Å²) in [5, 5.41) is 2.33. The Balaban J connectivity index is 1.34. The molecule has 0 fully saturated rings. The lowest BCUT2D eigenvalue weighted by molar-refractivity contribution is 0.421. The van der Waals surface area contributed by atoms with Crippen molar-refractivity contribution in [2.75, 3.05) is 0 Å². The SMILES string of the molecule is [2H]C([2H])([2H])C1(C([2H])([2H])[2H])c2ccccc2Oc2c1cccc2[Si](c1ccccc1)(c1ccccc1)c1ncnc(-n2c3ccccc3n3c4ccccc4nc23)n1. The molecule has 6 aromatic carbocycles. The number of benzene rings is 6. The van der Waals surface area contributed by atoms with Gasteiger partial charge in [0.15, 0.2) is 0 Å². The Labute approximate surface area is 304 Å². The summed E-state index contributed by atoms with van der Waals surface area (Å²) < 4.78 is 64.7. The number of hydrogen-bond donors (Lipinski definition) is 0. The van der Waals surface area contributed by atoms with E-state index in [1.807, 2.05) is 120 Å². The lowest BCUT2D eigenvalue weighted by Crippen LogP contribution is -2.76. The molecule has 0 N–H and O–H groups in total. The second kappa shape index (κ2) is 11.1. The lowest BCUT2D eigenvalue weighted by atomic mass is 9.76. The van der Waals surface area contributed by atoms with Crippen molar-refractivity contribution in [3.8, 4) is 17.4 Å². The van der Waals surface area contributed by atoms with Crippen molar-refractivity contribution in [2.45, 2.75) is 19.1 Å². The summed E-state index contributed by atoms with van der Waals surface area (Å²) in [6, 6.07) is 47.4. The molecular formula is C43H32N6OSi. The predicted octanol–water partition coefficient (Wildman–Crippen LogP) is 6.43. The van der Waals surface area contributed by atoms with Crippen LogP contribution >= 0.6 is 0 Å². The van der Waals surface area contributed by atoms with Crippen LogP contribution in [0.4, 0.5) is 0 Å². The van der Waals surface area contributed by atoms with Gasteiger partial charge in [-0.2, -0.15) is 0 Å². The quantitative estimate of drug-likeness (QED) is 0.155. The summed E-state index contributed by atoms with van der Waals surface area (Å²) in [6.45, 7) is -6.02. The maximum absolute atomic E-state index is 8.98. The van der Waals surface area contributed by atoms with Crippen LogP contribution in [0.15, 0.2) is 158 Å². The van der Waals surface area contributed by atoms with Gasteiger partial charge in [-0.3, -0.25) is 4.40 Å². The molecule has 9 aromatic rings. The van der Waals surface area contributed by atoms with E-state index >= 15 is 0 Å². The first-order valence-electron chi connectivity index (χ1n) is 19.7. The standard InChI is InChI=1S/C43H32N6OSi/c1-43(2)31-20-9-14-26-37(31)50-39-32(43)21-15-27-38(39)51(29-16-5-3-6-17-29,30-18-7-4-8-19-30)41-45-28-44-40(47-41)49-36-25-13-12-24-35(36)48-34-23-11-10-22-33(34)46-42(48)49/h3-28H,1-2H3/i1D3,2D3. The minimum absolute atomic E-state index is 0.0545. The first kappa shape index (κ1) is 23.9. The van der Waals surface area contributed by atoms with Crippen molar-refractivity contribution in [3.05, 3.63) is 169 Å². The van der Waals surface area contributed by atoms with E-state index in [-0.39, 0.29) is 22.6 Å². The van der Waals surface area contributed by atoms with Crippen molar-refractivity contribution in [3.63, 3.8) is 0 Å². The molecule has 1 aliphatic heterocycles. The molecule has 0 unspecified atom stereocenters. The zero-order chi connectivity index (χ0) is 39.2. The highest BCUT2D eigenvalue weighted by molar-refractivity contribution is 7.19. The molecule has 0 aliphatic carbocycles. The molecule has 10 rings (SSSR count). The Hall–Kier alpha value is -6.38. The van der Waals surface area contributed by atoms with Crippen LogP contribution in [0.3, 0.4) is 0 Å². The summed E-state index contributed by atoms with van der Waals surface area (Å²) in [5.74, 6) is 1.29. The minimum atomic E-state index is -3.79. The Kier molecular flexibility index (Phi) is 5.18. The van der Waals surface area contributed by atoms with Crippen LogP contribution in [-0.2, 0) is 5.41 Å². The van der Waals surface area contributed by atoms with Crippen LogP contribution in [0, 0.1) is 0 Å². The van der Waals surface area contributed by atoms with Crippen molar-refractivity contribution in [1.29, 1.82) is 0 Å². The number of hydrogen-bond acceptors (Lipinski definition) is 5. The molecule has 0 atom stereocenters. The van der Waals surface area contributed by atoms with Crippen molar-refractivity contribution in [1.82, 2.24) is 28.9 Å². The maximum Gasteiger partial charge on any atom is 0.239 e. The maximum atomic E-state index is 8.98. The van der Waals surface area contributed by atoms with Crippen LogP contribution < -0.4 is 25.7 Å². The van der Waals surface area contributed by atoms with Gasteiger partial charge in [0.2, 0.25) is 19.8 Å². The van der Waals surface area contributed by atoms with E-state index in [4.69, 9.17) is 32.9 Å². The van der Waals surface area contributed by atoms with Crippen LogP contribution in [-0.4, -0.2) is 37.0 Å². The molecule has 0 spiro atoms. The fourth-order valence-corrected chi connectivity index (χ4v) is 12.2. The van der Waals surface area contributed by atoms with Crippen molar-refractivity contribution >= 4 is 56.9 Å². The summed E-state index contributed by atoms with van der Waals surface area (Å²) in [6.07, 6.45) is 1.50. The molecule has 0 amide bonds. The average molecular weight is 683 g/mol. The van der Waals surface area contributed by atoms with Gasteiger partial charge in [0.05, 0.1) is 22.1 Å². The number of rotatable bonds is 5. The predicted molar refractivity (Wildman–Crippen MR) is 205 cm³/mol. The Bertz CT molecular complexity index is 2950. The van der Waals surface area contributed by atoms with E-state index < -0.39 is 27.2 Å². The van der Waals surface area contributed by atoms with Gasteiger partial charge in [0.1, 0.15) is 23.3 Å². The van der Waals surface area contributed by atoms with Gasteiger partial charge in [-0.05, 0) is 40.7 Å². The van der Waals surface area contributed by atoms with Crippen LogP contribution in [0.5, 0.6) is 11.5 Å². The Morgan fingerprint density at radius 3 is 2.02 bits per heavy atom. The summed E-state index contributed by atoms with van der Waals surface area (Å²) in [7, 11) is -3.79. The topological polar surface area (TPSA) is 70.1 Å². The number of imidazole rings is 2. The van der Waals surface area contributed by atoms with Crippen LogP contribution in [0.25, 0.3) is 33.8 Å². The second-order valence-electron chi connectivity index (χ2n) is 12.7. The fourth-order valence-electron chi connectivity index (χ4n) is 7.71. The molecule has 1 aliphatic rings. The molecule has 8 heteroatoms. The van der Waals surface area contributed by atoms with Gasteiger partial charge >= 0.3 is 0 Å². The van der Waals surface area contributed by atoms with Gasteiger partial charge in [-0.25, -0.2) is 24.5 Å². The second-order valence-corrected chi connectivity index (χ2v) is 16.3. The molecule has 4 heterocycles. The zero-order valence-electron chi connectivity index (χ0n) is 33.1. The van der Waals surface area contributed by atoms with E-state index in [0.29, 0.717) is 22.4 Å². The van der Waals surface area contributed by atoms with E-state index in [1.54, 1.807) is 36.4 Å². The first-order valence-corrected chi connectivity index (χ1v) is 18.7. The van der Waals surface area contributed by atoms with Crippen molar-refractivity contribution in [2.24, 2.45) is 0 Å². The van der Waals surface area contributed by atoms with Gasteiger partial charge < -0.3 is 4.74 Å². The van der Waals surface area contributed by atoms with Crippen molar-refractivity contribution < 1.29 is 13.0 Å². The number of para-hydroxylation sites is 6. The zero-order valence-corrected chi connectivity index (χ0v) is 28.1. The first-order chi connectivity index (χ1) is 27.6. The van der Waals surface area contributed by atoms with Gasteiger partial charge in [0.25, 0.3) is 0 Å². The highest BCUT2D eigenvalue weighted by Crippen LogP contribution is 2.47. The smallest absolute Gasteiger partial charge is 0.239 e. The van der Waals surface area contributed by atoms with Crippen LogP contribution in [0.2, 0.25) is 0 Å². The van der Waals surface area contributed by atoms with Crippen LogP contribution in [0.1, 0.15) is 33.1 Å². The minimum Gasteiger partial charge on any atom is -0.457 e. The molecule has 0 saturated carbocycles. The molecular weight excluding hydrogens is 645 g/mol. The molecule has 0 bridgehead atoms. The largest absolute Gasteiger partial charge is 0.457 e. The number of aromatic nitrogens is 6. The third-order valence-electron chi connectivity index (χ3n) is 9.94. The normalized spacial score (nSPS) is 15.8. The molecule has 244 valence electrons. The van der Waals surface area contributed by atoms with E-state index in [9.17, 15) is 0 Å². The molecule has 0 radical (unpaired) electrons. The fraction of sp³-hybridized carbons (Fsp3) is 0.0698. The van der Waals surface area contributed by atoms with E-state index in [0.717, 1.165) is 32.4 Å². The Morgan fingerprint density at radius 2 is 1.25 bits per heavy atom. The number of fused-ring (bicyclic) bond motifs is 7. The molecule has 51 heavy (non-hydrogen) atoms. The third-order valence-corrected chi connectivity index (χ3v) is 14.5. The number of ether oxygens (including phenoxy) is 1. The highest BCUT2D eigenvalue weighted by atomic mass is 28.3. The van der Waals surface area contributed by atoms with Gasteiger partial charge in [0, 0.05) is 30.0 Å². The monoisotopic (exact) mass is 682 g/mol. The van der Waals surface area contributed by atoms with Gasteiger partial charge in [-0.15, -0.1) is 0 Å². The van der Waals surface area contributed by atoms with Gasteiger partial charge in [-0.1, -0.05) is 135 Å². The average Bonchev–Trinajstić information content (AvgIpc) is 3.75. The van der Waals surface area contributed by atoms with E-state index in [1.165, 1.54) is 6.33 Å². The number of nitrogens with zero attached hydrogens (tertiary/aromatic N) is 6. The third kappa shape index (κ3) is 4.17. The summed E-state index contributed by atoms with van der Waals surface area (Å²) >= 11 is 0. The lowest BCUT2D eigenvalue weighted by Gasteiger charge is -2.39. The summed E-state index contributed by atoms with van der Waals surface area (Å²) in [4.78, 5) is 20.2.